The Kier molecular flexibility index (Phi) is 7.01. The predicted octanol–water partition coefficient (Wildman–Crippen LogP) is -1.68. The maximum Gasteiger partial charge on any atom is 0.321 e. The molecule has 0 aromatic rings. The first-order valence-electron chi connectivity index (χ1n) is 8.85. The molecule has 4 atom stereocenters. The summed E-state index contributed by atoms with van der Waals surface area (Å²) in [5, 5.41) is 23.7. The molecule has 11 nitrogen and oxygen atoms in total. The number of rotatable bonds is 10. The fraction of sp³-hybridized carbons (Fsp3) is 0.688. The number of Topliss-reactive ketones (excluding diaryl/α,β-unsaturated/α-hetero) is 1. The summed E-state index contributed by atoms with van der Waals surface area (Å²) in [5.41, 5.74) is 5.54. The van der Waals surface area contributed by atoms with E-state index >= 15 is 0 Å². The van der Waals surface area contributed by atoms with Crippen molar-refractivity contribution in [1.29, 1.82) is 0 Å². The van der Waals surface area contributed by atoms with Crippen molar-refractivity contribution in [1.82, 2.24) is 15.5 Å². The van der Waals surface area contributed by atoms with E-state index in [1.54, 1.807) is 0 Å². The first-order valence-corrected chi connectivity index (χ1v) is 9.84. The van der Waals surface area contributed by atoms with Crippen LogP contribution in [0.3, 0.4) is 0 Å². The number of ketones is 1. The number of nitrogens with zero attached hydrogens (tertiary/aromatic N) is 1. The Hall–Kier alpha value is -2.18. The number of carbonyl (C=O) groups is 5. The molecule has 2 saturated heterocycles. The average Bonchev–Trinajstić information content (AvgIpc) is 3.02. The third-order valence-corrected chi connectivity index (χ3v) is 6.05. The van der Waals surface area contributed by atoms with Gasteiger partial charge in [-0.05, 0) is 6.42 Å². The van der Waals surface area contributed by atoms with Gasteiger partial charge in [-0.3, -0.25) is 29.3 Å². The number of hydrogen-bond donors (Lipinski definition) is 5. The zero-order chi connectivity index (χ0) is 21.1. The SMILES string of the molecule is CCCC(=O)NC[C@@H]1NC2(SC[C@H](N)C(=O)O)CC(=O)[C@H](CC(=O)O)N2C1=O. The Morgan fingerprint density at radius 3 is 2.64 bits per heavy atom. The largest absolute Gasteiger partial charge is 0.481 e. The van der Waals surface area contributed by atoms with Crippen molar-refractivity contribution in [3.63, 3.8) is 0 Å². The summed E-state index contributed by atoms with van der Waals surface area (Å²) in [6.07, 6.45) is 0.228. The van der Waals surface area contributed by atoms with Crippen LogP contribution in [0.25, 0.3) is 0 Å². The van der Waals surface area contributed by atoms with Gasteiger partial charge in [0.1, 0.15) is 23.1 Å². The van der Waals surface area contributed by atoms with E-state index in [1.165, 1.54) is 4.90 Å². The molecule has 2 aliphatic heterocycles. The van der Waals surface area contributed by atoms with Crippen LogP contribution in [0.2, 0.25) is 0 Å². The summed E-state index contributed by atoms with van der Waals surface area (Å²) >= 11 is 0.987. The van der Waals surface area contributed by atoms with E-state index in [-0.39, 0.29) is 24.6 Å². The lowest BCUT2D eigenvalue weighted by molar-refractivity contribution is -0.142. The number of hydrogen-bond acceptors (Lipinski definition) is 8. The summed E-state index contributed by atoms with van der Waals surface area (Å²) < 4.78 is 0. The number of carboxylic acids is 2. The molecule has 12 heteroatoms. The minimum atomic E-state index is -1.28. The average molecular weight is 416 g/mol. The molecule has 2 fully saturated rings. The summed E-state index contributed by atoms with van der Waals surface area (Å²) in [6.45, 7) is 1.82. The number of nitrogens with one attached hydrogen (secondary N) is 2. The highest BCUT2D eigenvalue weighted by Crippen LogP contribution is 2.44. The standard InChI is InChI=1S/C16H24N4O7S/c1-2-3-12(22)18-6-9-14(25)20-10(4-13(23)24)11(21)5-16(20,19-9)28-7-8(17)15(26)27/h8-10,19H,2-7,17H2,1H3,(H,18,22)(H,23,24)(H,26,27)/t8-,9-,10-,16?/m0/s1. The Labute approximate surface area is 165 Å². The second-order valence-electron chi connectivity index (χ2n) is 6.76. The number of carboxylic acid groups (broad SMARTS) is 2. The highest BCUT2D eigenvalue weighted by Gasteiger charge is 2.61. The molecule has 0 spiro atoms. The Balaban J connectivity index is 2.21. The molecule has 28 heavy (non-hydrogen) atoms. The molecule has 0 aliphatic carbocycles. The van der Waals surface area contributed by atoms with Gasteiger partial charge in [0.25, 0.3) is 0 Å². The molecule has 2 rings (SSSR count). The van der Waals surface area contributed by atoms with Gasteiger partial charge in [0.15, 0.2) is 5.78 Å². The molecule has 1 unspecified atom stereocenters. The van der Waals surface area contributed by atoms with Crippen LogP contribution in [0, 0.1) is 0 Å². The maximum absolute atomic E-state index is 12.9. The van der Waals surface area contributed by atoms with Crippen molar-refractivity contribution < 1.29 is 34.2 Å². The van der Waals surface area contributed by atoms with Crippen LogP contribution in [0.1, 0.15) is 32.6 Å². The predicted molar refractivity (Wildman–Crippen MR) is 98.2 cm³/mol. The van der Waals surface area contributed by atoms with Crippen LogP contribution < -0.4 is 16.4 Å². The quantitative estimate of drug-likeness (QED) is 0.276. The maximum atomic E-state index is 12.9. The fourth-order valence-electron chi connectivity index (χ4n) is 3.29. The monoisotopic (exact) mass is 416 g/mol. The van der Waals surface area contributed by atoms with Crippen molar-refractivity contribution in [3.8, 4) is 0 Å². The van der Waals surface area contributed by atoms with Crippen LogP contribution in [0.15, 0.2) is 0 Å². The van der Waals surface area contributed by atoms with Gasteiger partial charge >= 0.3 is 11.9 Å². The number of nitrogens with two attached hydrogens (primary N) is 1. The molecule has 6 N–H and O–H groups in total. The van der Waals surface area contributed by atoms with Crippen LogP contribution >= 0.6 is 11.8 Å². The number of aliphatic carboxylic acids is 2. The lowest BCUT2D eigenvalue weighted by atomic mass is 10.1. The van der Waals surface area contributed by atoms with E-state index in [1.807, 2.05) is 6.92 Å². The lowest BCUT2D eigenvalue weighted by Gasteiger charge is -2.33. The fourth-order valence-corrected chi connectivity index (χ4v) is 4.71. The molecular weight excluding hydrogens is 392 g/mol. The molecule has 0 radical (unpaired) electrons. The van der Waals surface area contributed by atoms with Crippen molar-refractivity contribution in [2.24, 2.45) is 5.73 Å². The Bertz CT molecular complexity index is 688. The van der Waals surface area contributed by atoms with E-state index in [0.717, 1.165) is 11.8 Å². The van der Waals surface area contributed by atoms with Gasteiger partial charge in [-0.25, -0.2) is 0 Å². The first-order chi connectivity index (χ1) is 13.1. The third-order valence-electron chi connectivity index (χ3n) is 4.59. The minimum Gasteiger partial charge on any atom is -0.481 e. The molecule has 156 valence electrons. The summed E-state index contributed by atoms with van der Waals surface area (Å²) in [6, 6.07) is -3.21. The Morgan fingerprint density at radius 1 is 1.39 bits per heavy atom. The number of thioether (sulfide) groups is 1. The lowest BCUT2D eigenvalue weighted by Crippen LogP contribution is -2.50. The van der Waals surface area contributed by atoms with Gasteiger partial charge in [-0.15, -0.1) is 11.8 Å². The zero-order valence-electron chi connectivity index (χ0n) is 15.3. The Morgan fingerprint density at radius 2 is 2.07 bits per heavy atom. The topological polar surface area (TPSA) is 179 Å². The molecule has 0 saturated carbocycles. The van der Waals surface area contributed by atoms with E-state index in [4.69, 9.17) is 15.9 Å². The highest BCUT2D eigenvalue weighted by atomic mass is 32.2. The second kappa shape index (κ2) is 8.88. The van der Waals surface area contributed by atoms with Gasteiger partial charge in [0.05, 0.1) is 12.8 Å². The van der Waals surface area contributed by atoms with E-state index < -0.39 is 53.2 Å². The summed E-state index contributed by atoms with van der Waals surface area (Å²) in [5.74, 6) is -3.70. The van der Waals surface area contributed by atoms with Crippen molar-refractivity contribution >= 4 is 41.3 Å². The molecule has 0 aromatic carbocycles. The molecule has 0 aromatic heterocycles. The number of carbonyl (C=O) groups excluding carboxylic acids is 3. The first kappa shape index (κ1) is 22.1. The van der Waals surface area contributed by atoms with Crippen molar-refractivity contribution in [2.75, 3.05) is 12.3 Å². The van der Waals surface area contributed by atoms with Gasteiger partial charge in [0, 0.05) is 18.7 Å². The molecule has 2 aliphatic rings. The van der Waals surface area contributed by atoms with Crippen molar-refractivity contribution in [3.05, 3.63) is 0 Å². The van der Waals surface area contributed by atoms with E-state index in [9.17, 15) is 24.0 Å². The minimum absolute atomic E-state index is 0.0184. The van der Waals surface area contributed by atoms with Crippen LogP contribution in [0.4, 0.5) is 0 Å². The van der Waals surface area contributed by atoms with Crippen molar-refractivity contribution in [2.45, 2.75) is 55.7 Å². The highest BCUT2D eigenvalue weighted by molar-refractivity contribution is 8.00. The zero-order valence-corrected chi connectivity index (χ0v) is 16.2. The van der Waals surface area contributed by atoms with Crippen LogP contribution in [-0.2, 0) is 24.0 Å². The summed E-state index contributed by atoms with van der Waals surface area (Å²) in [7, 11) is 0. The van der Waals surface area contributed by atoms with Gasteiger partial charge < -0.3 is 26.2 Å². The molecule has 2 heterocycles. The molecular formula is C16H24N4O7S. The van der Waals surface area contributed by atoms with E-state index in [2.05, 4.69) is 10.6 Å². The van der Waals surface area contributed by atoms with Gasteiger partial charge in [-0.1, -0.05) is 6.92 Å². The van der Waals surface area contributed by atoms with Gasteiger partial charge in [-0.2, -0.15) is 0 Å². The molecule has 0 bridgehead atoms. The number of amides is 2. The van der Waals surface area contributed by atoms with Gasteiger partial charge in [0.2, 0.25) is 11.8 Å². The third kappa shape index (κ3) is 4.62. The molecule has 2 amide bonds. The number of fused-ring (bicyclic) bond motifs is 1. The normalized spacial score (nSPS) is 27.6. The van der Waals surface area contributed by atoms with Crippen LogP contribution in [-0.4, -0.2) is 80.1 Å². The second-order valence-corrected chi connectivity index (χ2v) is 8.05. The summed E-state index contributed by atoms with van der Waals surface area (Å²) in [4.78, 5) is 59.0. The van der Waals surface area contributed by atoms with E-state index in [0.29, 0.717) is 12.8 Å². The van der Waals surface area contributed by atoms with Crippen LogP contribution in [0.5, 0.6) is 0 Å². The smallest absolute Gasteiger partial charge is 0.321 e.